The van der Waals surface area contributed by atoms with Crippen LogP contribution in [0.2, 0.25) is 0 Å². The van der Waals surface area contributed by atoms with Gasteiger partial charge in [0.15, 0.2) is 0 Å². The van der Waals surface area contributed by atoms with E-state index in [1.165, 1.54) is 6.92 Å². The molecule has 1 aromatic carbocycles. The highest BCUT2D eigenvalue weighted by Gasteiger charge is 2.32. The van der Waals surface area contributed by atoms with E-state index >= 15 is 0 Å². The van der Waals surface area contributed by atoms with Crippen molar-refractivity contribution >= 4 is 5.78 Å². The number of rotatable bonds is 5. The highest BCUT2D eigenvalue weighted by atomic mass is 19.4. The Morgan fingerprint density at radius 3 is 2.09 bits per heavy atom. The summed E-state index contributed by atoms with van der Waals surface area (Å²) in [5, 5.41) is 0. The Morgan fingerprint density at radius 1 is 1.22 bits per heavy atom. The molecule has 0 bridgehead atoms. The molecular weight excluding hydrogens is 310 g/mol. The molecule has 1 atom stereocenters. The summed E-state index contributed by atoms with van der Waals surface area (Å²) in [6.07, 6.45) is -4.60. The minimum Gasteiger partial charge on any atom is -0.303 e. The Balaban J connectivity index is 0.00000232. The van der Waals surface area contributed by atoms with Gasteiger partial charge in [-0.15, -0.1) is 0 Å². The van der Waals surface area contributed by atoms with Crippen LogP contribution >= 0.6 is 0 Å². The maximum atomic E-state index is 14.0. The molecular formula is C17H25F4NO. The van der Waals surface area contributed by atoms with E-state index in [0.717, 1.165) is 12.1 Å². The SMILES string of the molecule is CC.CC(=O)C(CN(C)C(C)C)c1ccc(C(F)(F)F)cc1F. The summed E-state index contributed by atoms with van der Waals surface area (Å²) in [6, 6.07) is 2.45. The lowest BCUT2D eigenvalue weighted by molar-refractivity contribution is -0.137. The molecule has 0 spiro atoms. The molecule has 0 aliphatic rings. The number of likely N-dealkylation sites (N-methyl/N-ethyl adjacent to an activating group) is 1. The summed E-state index contributed by atoms with van der Waals surface area (Å²) in [5.74, 6) is -2.05. The van der Waals surface area contributed by atoms with E-state index in [2.05, 4.69) is 0 Å². The minimum atomic E-state index is -4.60. The van der Waals surface area contributed by atoms with Gasteiger partial charge in [-0.25, -0.2) is 4.39 Å². The highest BCUT2D eigenvalue weighted by Crippen LogP contribution is 2.32. The molecule has 1 rings (SSSR count). The van der Waals surface area contributed by atoms with Crippen LogP contribution in [0.15, 0.2) is 18.2 Å². The molecule has 6 heteroatoms. The van der Waals surface area contributed by atoms with Crippen molar-refractivity contribution in [3.63, 3.8) is 0 Å². The molecule has 0 saturated carbocycles. The van der Waals surface area contributed by atoms with E-state index in [0.29, 0.717) is 6.07 Å². The van der Waals surface area contributed by atoms with Gasteiger partial charge in [-0.05, 0) is 45.5 Å². The van der Waals surface area contributed by atoms with Crippen molar-refractivity contribution < 1.29 is 22.4 Å². The normalized spacial score (nSPS) is 12.9. The average molecular weight is 335 g/mol. The maximum absolute atomic E-state index is 14.0. The molecule has 0 N–H and O–H groups in total. The molecule has 0 amide bonds. The predicted octanol–water partition coefficient (Wildman–Crippen LogP) is 4.88. The Kier molecular flexibility index (Phi) is 8.45. The van der Waals surface area contributed by atoms with Crippen LogP contribution in [0.25, 0.3) is 0 Å². The summed E-state index contributed by atoms with van der Waals surface area (Å²) in [7, 11) is 1.78. The minimum absolute atomic E-state index is 0.00278. The number of alkyl halides is 3. The van der Waals surface area contributed by atoms with Gasteiger partial charge in [-0.3, -0.25) is 4.79 Å². The molecule has 2 nitrogen and oxygen atoms in total. The Morgan fingerprint density at radius 2 is 1.74 bits per heavy atom. The molecule has 0 aliphatic heterocycles. The monoisotopic (exact) mass is 335 g/mol. The molecule has 0 radical (unpaired) electrons. The average Bonchev–Trinajstić information content (AvgIpc) is 2.45. The van der Waals surface area contributed by atoms with E-state index in [9.17, 15) is 22.4 Å². The van der Waals surface area contributed by atoms with Gasteiger partial charge in [0.05, 0.1) is 11.5 Å². The summed E-state index contributed by atoms with van der Waals surface area (Å²) >= 11 is 0. The smallest absolute Gasteiger partial charge is 0.303 e. The first-order valence-electron chi connectivity index (χ1n) is 7.61. The molecule has 1 unspecified atom stereocenters. The quantitative estimate of drug-likeness (QED) is 0.715. The van der Waals surface area contributed by atoms with E-state index in [1.807, 2.05) is 32.6 Å². The van der Waals surface area contributed by atoms with Crippen LogP contribution in [-0.2, 0) is 11.0 Å². The number of nitrogens with zero attached hydrogens (tertiary/aromatic N) is 1. The summed E-state index contributed by atoms with van der Waals surface area (Å²) in [5.41, 5.74) is -1.05. The predicted molar refractivity (Wildman–Crippen MR) is 83.9 cm³/mol. The number of benzene rings is 1. The van der Waals surface area contributed by atoms with Gasteiger partial charge in [-0.1, -0.05) is 19.9 Å². The molecule has 0 saturated heterocycles. The number of hydrogen-bond donors (Lipinski definition) is 0. The number of Topliss-reactive ketones (excluding diaryl/α,β-unsaturated/α-hetero) is 1. The fourth-order valence-electron chi connectivity index (χ4n) is 1.93. The van der Waals surface area contributed by atoms with Crippen LogP contribution in [0.1, 0.15) is 51.7 Å². The van der Waals surface area contributed by atoms with Gasteiger partial charge in [0.2, 0.25) is 0 Å². The van der Waals surface area contributed by atoms with Crippen LogP contribution in [0.5, 0.6) is 0 Å². The van der Waals surface area contributed by atoms with E-state index in [1.54, 1.807) is 7.05 Å². The first-order valence-corrected chi connectivity index (χ1v) is 7.61. The zero-order chi connectivity index (χ0) is 18.4. The van der Waals surface area contributed by atoms with Crippen LogP contribution in [0.3, 0.4) is 0 Å². The molecule has 132 valence electrons. The van der Waals surface area contributed by atoms with Gasteiger partial charge in [-0.2, -0.15) is 13.2 Å². The molecule has 0 aromatic heterocycles. The third kappa shape index (κ3) is 6.29. The summed E-state index contributed by atoms with van der Waals surface area (Å²) in [6.45, 7) is 9.41. The molecule has 0 fully saturated rings. The lowest BCUT2D eigenvalue weighted by Gasteiger charge is -2.26. The van der Waals surface area contributed by atoms with E-state index in [-0.39, 0.29) is 23.9 Å². The van der Waals surface area contributed by atoms with Crippen molar-refractivity contribution in [3.05, 3.63) is 35.1 Å². The van der Waals surface area contributed by atoms with E-state index < -0.39 is 23.5 Å². The second kappa shape index (κ2) is 9.01. The van der Waals surface area contributed by atoms with Crippen molar-refractivity contribution in [2.24, 2.45) is 0 Å². The number of ketones is 1. The molecule has 1 aromatic rings. The third-order valence-corrected chi connectivity index (χ3v) is 3.55. The fourth-order valence-corrected chi connectivity index (χ4v) is 1.93. The number of carbonyl (C=O) groups is 1. The van der Waals surface area contributed by atoms with Crippen LogP contribution in [0.4, 0.5) is 17.6 Å². The largest absolute Gasteiger partial charge is 0.416 e. The maximum Gasteiger partial charge on any atom is 0.416 e. The number of carbonyl (C=O) groups excluding carboxylic acids is 1. The second-order valence-electron chi connectivity index (χ2n) is 5.43. The van der Waals surface area contributed by atoms with Gasteiger partial charge in [0, 0.05) is 12.6 Å². The lowest BCUT2D eigenvalue weighted by Crippen LogP contribution is -2.33. The number of halogens is 4. The lowest BCUT2D eigenvalue weighted by atomic mass is 9.93. The Bertz CT molecular complexity index is 512. The first kappa shape index (κ1) is 21.6. The number of hydrogen-bond acceptors (Lipinski definition) is 2. The van der Waals surface area contributed by atoms with Gasteiger partial charge >= 0.3 is 6.18 Å². The summed E-state index contributed by atoms with van der Waals surface area (Å²) in [4.78, 5) is 13.6. The molecule has 0 heterocycles. The third-order valence-electron chi connectivity index (χ3n) is 3.55. The highest BCUT2D eigenvalue weighted by molar-refractivity contribution is 5.83. The Hall–Kier alpha value is -1.43. The van der Waals surface area contributed by atoms with Crippen LogP contribution in [0, 0.1) is 5.82 Å². The van der Waals surface area contributed by atoms with Crippen molar-refractivity contribution in [2.75, 3.05) is 13.6 Å². The van der Waals surface area contributed by atoms with Crippen molar-refractivity contribution in [3.8, 4) is 0 Å². The topological polar surface area (TPSA) is 20.3 Å². The Labute approximate surface area is 135 Å². The van der Waals surface area contributed by atoms with Crippen molar-refractivity contribution in [1.29, 1.82) is 0 Å². The standard InChI is InChI=1S/C15H19F4NO.C2H6/c1-9(2)20(4)8-13(10(3)21)12-6-5-11(7-14(12)16)15(17,18)19;1-2/h5-7,9,13H,8H2,1-4H3;1-2H3. The van der Waals surface area contributed by atoms with Gasteiger partial charge < -0.3 is 4.90 Å². The second-order valence-corrected chi connectivity index (χ2v) is 5.43. The van der Waals surface area contributed by atoms with Crippen LogP contribution < -0.4 is 0 Å². The van der Waals surface area contributed by atoms with Gasteiger partial charge in [0.1, 0.15) is 11.6 Å². The van der Waals surface area contributed by atoms with Crippen LogP contribution in [-0.4, -0.2) is 30.3 Å². The van der Waals surface area contributed by atoms with Crippen molar-refractivity contribution in [1.82, 2.24) is 4.90 Å². The fraction of sp³-hybridized carbons (Fsp3) is 0.588. The zero-order valence-electron chi connectivity index (χ0n) is 14.5. The zero-order valence-corrected chi connectivity index (χ0v) is 14.5. The summed E-state index contributed by atoms with van der Waals surface area (Å²) < 4.78 is 51.6. The molecule has 23 heavy (non-hydrogen) atoms. The first-order chi connectivity index (χ1) is 10.5. The van der Waals surface area contributed by atoms with Crippen molar-refractivity contribution in [2.45, 2.75) is 52.8 Å². The van der Waals surface area contributed by atoms with E-state index in [4.69, 9.17) is 0 Å². The molecule has 0 aliphatic carbocycles. The van der Waals surface area contributed by atoms with Gasteiger partial charge in [0.25, 0.3) is 0 Å².